The Balaban J connectivity index is 2.73. The van der Waals surface area contributed by atoms with Crippen molar-refractivity contribution in [3.05, 3.63) is 34.9 Å². The van der Waals surface area contributed by atoms with E-state index in [-0.39, 0.29) is 0 Å². The molecule has 3 heteroatoms. The number of hydrogen-bond donors (Lipinski definition) is 0. The van der Waals surface area contributed by atoms with Crippen LogP contribution in [0.3, 0.4) is 0 Å². The second-order valence-corrected chi connectivity index (χ2v) is 2.85. The molecule has 0 spiro atoms. The molecule has 1 aromatic carbocycles. The van der Waals surface area contributed by atoms with Crippen molar-refractivity contribution < 1.29 is 0 Å². The quantitative estimate of drug-likeness (QED) is 0.544. The molecule has 0 radical (unpaired) electrons. The van der Waals surface area contributed by atoms with Crippen LogP contribution in [0.15, 0.2) is 29.3 Å². The molecule has 0 amide bonds. The molecule has 0 aliphatic rings. The van der Waals surface area contributed by atoms with Gasteiger partial charge < -0.3 is 0 Å². The Morgan fingerprint density at radius 1 is 1.36 bits per heavy atom. The average molecular weight is 231 g/mol. The van der Waals surface area contributed by atoms with Crippen LogP contribution in [0.1, 0.15) is 5.56 Å². The Kier molecular flexibility index (Phi) is 3.54. The van der Waals surface area contributed by atoms with E-state index in [9.17, 15) is 0 Å². The van der Waals surface area contributed by atoms with Crippen LogP contribution < -0.4 is 0 Å². The number of hydrogen-bond acceptors (Lipinski definition) is 1. The van der Waals surface area contributed by atoms with Gasteiger partial charge in [-0.15, -0.1) is 0 Å². The van der Waals surface area contributed by atoms with E-state index in [0.29, 0.717) is 6.54 Å². The molecule has 0 aliphatic carbocycles. The van der Waals surface area contributed by atoms with Crippen LogP contribution in [0.25, 0.3) is 0 Å². The molecule has 0 fully saturated rings. The van der Waals surface area contributed by atoms with Gasteiger partial charge >= 0.3 is 78.3 Å². The first kappa shape index (κ1) is 8.70. The summed E-state index contributed by atoms with van der Waals surface area (Å²) >= 11 is 8.27. The summed E-state index contributed by atoms with van der Waals surface area (Å²) in [5.74, 6) is 0. The van der Waals surface area contributed by atoms with Gasteiger partial charge in [-0.1, -0.05) is 0 Å². The minimum absolute atomic E-state index is 0.657. The third kappa shape index (κ3) is 3.00. The molecule has 0 bridgehead atoms. The van der Waals surface area contributed by atoms with E-state index in [2.05, 4.69) is 25.3 Å². The van der Waals surface area contributed by atoms with Crippen LogP contribution in [-0.4, -0.2) is 20.3 Å². The molecule has 1 aromatic rings. The van der Waals surface area contributed by atoms with Gasteiger partial charge in [0.25, 0.3) is 0 Å². The van der Waals surface area contributed by atoms with E-state index in [1.165, 1.54) is 0 Å². The van der Waals surface area contributed by atoms with Crippen molar-refractivity contribution in [2.24, 2.45) is 4.99 Å². The molecule has 0 N–H and O–H groups in total. The zero-order valence-corrected chi connectivity index (χ0v) is 8.22. The van der Waals surface area contributed by atoms with Crippen LogP contribution in [0, 0.1) is 0 Å². The predicted octanol–water partition coefficient (Wildman–Crippen LogP) is 1.91. The van der Waals surface area contributed by atoms with Crippen molar-refractivity contribution >= 4 is 31.9 Å². The Labute approximate surface area is 78.5 Å². The molecule has 0 saturated heterocycles. The van der Waals surface area contributed by atoms with Gasteiger partial charge in [-0.2, -0.15) is 0 Å². The van der Waals surface area contributed by atoms with Crippen LogP contribution in [-0.2, 0) is 6.54 Å². The molecule has 0 aromatic heterocycles. The topological polar surface area (TPSA) is 12.4 Å². The van der Waals surface area contributed by atoms with E-state index < -0.39 is 0 Å². The Hall–Kier alpha value is -0.391. The van der Waals surface area contributed by atoms with Crippen molar-refractivity contribution in [2.75, 3.05) is 0 Å². The van der Waals surface area contributed by atoms with Crippen molar-refractivity contribution in [3.8, 4) is 0 Å². The summed E-state index contributed by atoms with van der Waals surface area (Å²) in [6, 6.07) is 7.60. The molecule has 1 nitrogen and oxygen atoms in total. The summed E-state index contributed by atoms with van der Waals surface area (Å²) in [6.07, 6.45) is 0. The SMILES string of the molecule is Clc1ccc(CN=C=[Se])cc1. The second-order valence-electron chi connectivity index (χ2n) is 2.03. The Morgan fingerprint density at radius 3 is 2.55 bits per heavy atom. The maximum absolute atomic E-state index is 5.69. The number of rotatable bonds is 2. The summed E-state index contributed by atoms with van der Waals surface area (Å²) in [5.41, 5.74) is 1.14. The first-order valence-electron chi connectivity index (χ1n) is 3.11. The van der Waals surface area contributed by atoms with E-state index in [1.54, 1.807) is 0 Å². The standard InChI is InChI=1S/C8H6ClNSe/c9-8-3-1-7(2-4-8)5-10-6-11/h1-4H,5H2. The van der Waals surface area contributed by atoms with Gasteiger partial charge in [-0.05, 0) is 0 Å². The van der Waals surface area contributed by atoms with Gasteiger partial charge in [0.05, 0.1) is 0 Å². The molecule has 0 unspecified atom stereocenters. The first-order valence-corrected chi connectivity index (χ1v) is 4.34. The normalized spacial score (nSPS) is 8.82. The fraction of sp³-hybridized carbons (Fsp3) is 0.125. The monoisotopic (exact) mass is 231 g/mol. The molecular weight excluding hydrogens is 225 g/mol. The van der Waals surface area contributed by atoms with Crippen molar-refractivity contribution in [3.63, 3.8) is 0 Å². The van der Waals surface area contributed by atoms with Crippen molar-refractivity contribution in [1.29, 1.82) is 0 Å². The fourth-order valence-corrected chi connectivity index (χ4v) is 0.975. The summed E-state index contributed by atoms with van der Waals surface area (Å²) in [7, 11) is 0. The van der Waals surface area contributed by atoms with Crippen LogP contribution in [0.4, 0.5) is 0 Å². The van der Waals surface area contributed by atoms with Crippen LogP contribution in [0.2, 0.25) is 5.02 Å². The van der Waals surface area contributed by atoms with E-state index in [0.717, 1.165) is 10.6 Å². The molecule has 1 rings (SSSR count). The number of aliphatic imine (C=N–C) groups is 1. The minimum atomic E-state index is 0.657. The molecule has 0 aliphatic heterocycles. The fourth-order valence-electron chi connectivity index (χ4n) is 0.713. The number of nitrogens with zero attached hydrogens (tertiary/aromatic N) is 1. The average Bonchev–Trinajstić information content (AvgIpc) is 2.04. The zero-order valence-electron chi connectivity index (χ0n) is 5.75. The molecule has 0 saturated carbocycles. The van der Waals surface area contributed by atoms with Gasteiger partial charge in [0.1, 0.15) is 0 Å². The van der Waals surface area contributed by atoms with E-state index in [1.807, 2.05) is 24.3 Å². The summed E-state index contributed by atoms with van der Waals surface area (Å²) in [4.78, 5) is 3.92. The maximum atomic E-state index is 5.69. The Morgan fingerprint density at radius 2 is 2.00 bits per heavy atom. The third-order valence-electron chi connectivity index (χ3n) is 1.24. The number of benzene rings is 1. The Bertz CT molecular complexity index is 275. The van der Waals surface area contributed by atoms with E-state index >= 15 is 0 Å². The molecule has 11 heavy (non-hydrogen) atoms. The third-order valence-corrected chi connectivity index (χ3v) is 1.76. The molecule has 0 heterocycles. The second kappa shape index (κ2) is 4.48. The van der Waals surface area contributed by atoms with Gasteiger partial charge in [-0.25, -0.2) is 0 Å². The van der Waals surface area contributed by atoms with Gasteiger partial charge in [0.15, 0.2) is 0 Å². The number of halogens is 1. The predicted molar refractivity (Wildman–Crippen MR) is 48.3 cm³/mol. The zero-order chi connectivity index (χ0) is 8.10. The van der Waals surface area contributed by atoms with E-state index in [4.69, 9.17) is 11.6 Å². The van der Waals surface area contributed by atoms with Gasteiger partial charge in [0, 0.05) is 0 Å². The summed E-state index contributed by atoms with van der Waals surface area (Å²) < 4.78 is 2.60. The van der Waals surface area contributed by atoms with Gasteiger partial charge in [0.2, 0.25) is 0 Å². The molecule has 0 atom stereocenters. The summed E-state index contributed by atoms with van der Waals surface area (Å²) in [5, 5.41) is 0.754. The summed E-state index contributed by atoms with van der Waals surface area (Å²) in [6.45, 7) is 0.657. The van der Waals surface area contributed by atoms with Crippen LogP contribution in [0.5, 0.6) is 0 Å². The first-order chi connectivity index (χ1) is 5.33. The molecule has 56 valence electrons. The van der Waals surface area contributed by atoms with Crippen molar-refractivity contribution in [2.45, 2.75) is 6.54 Å². The van der Waals surface area contributed by atoms with Gasteiger partial charge in [-0.3, -0.25) is 0 Å². The van der Waals surface area contributed by atoms with Crippen molar-refractivity contribution in [1.82, 2.24) is 0 Å². The molecular formula is C8H6ClNSe. The van der Waals surface area contributed by atoms with Crippen LogP contribution >= 0.6 is 11.6 Å².